The predicted molar refractivity (Wildman–Crippen MR) is 214 cm³/mol. The number of rotatable bonds is 18. The van der Waals surface area contributed by atoms with Gasteiger partial charge in [-0.15, -0.1) is 0 Å². The summed E-state index contributed by atoms with van der Waals surface area (Å²) >= 11 is 7.40. The highest BCUT2D eigenvalue weighted by atomic mass is 79.9. The van der Waals surface area contributed by atoms with Crippen molar-refractivity contribution < 1.29 is 0 Å². The van der Waals surface area contributed by atoms with E-state index in [1.54, 1.807) is 0 Å². The fraction of sp³-hybridized carbons (Fsp3) is 0.442. The highest BCUT2D eigenvalue weighted by Crippen LogP contribution is 2.34. The fourth-order valence-electron chi connectivity index (χ4n) is 7.58. The van der Waals surface area contributed by atoms with Crippen LogP contribution in [0.5, 0.6) is 0 Å². The van der Waals surface area contributed by atoms with Crippen molar-refractivity contribution in [1.82, 2.24) is 9.13 Å². The van der Waals surface area contributed by atoms with Crippen molar-refractivity contribution >= 4 is 75.5 Å². The molecule has 0 saturated carbocycles. The maximum Gasteiger partial charge on any atom is 0.0491 e. The Labute approximate surface area is 299 Å². The van der Waals surface area contributed by atoms with Gasteiger partial charge in [-0.25, -0.2) is 0 Å². The standard InChI is InChI=1S/C43H52Br2N2/c1-3-5-7-10-14-32-16-20-40-36(26-32)38-28-34(30-44)18-22-42(38)46(40)24-12-9-13-25-47-41-21-17-33(15-11-8-6-4-2)27-37(41)39-29-35(31-45)19-23-43(39)47/h16-23,26-29H,3-15,24-25,30-31H2,1-2H3. The molecule has 0 amide bonds. The summed E-state index contributed by atoms with van der Waals surface area (Å²) in [6, 6.07) is 28.6. The molecule has 0 aliphatic carbocycles. The number of hydrogen-bond acceptors (Lipinski definition) is 0. The van der Waals surface area contributed by atoms with E-state index < -0.39 is 0 Å². The smallest absolute Gasteiger partial charge is 0.0491 e. The number of hydrogen-bond donors (Lipinski definition) is 0. The summed E-state index contributed by atoms with van der Waals surface area (Å²) in [7, 11) is 0. The Bertz CT molecular complexity index is 1790. The van der Waals surface area contributed by atoms with Crippen LogP contribution in [0, 0.1) is 0 Å². The first-order valence-electron chi connectivity index (χ1n) is 18.3. The molecule has 0 aliphatic rings. The lowest BCUT2D eigenvalue weighted by Crippen LogP contribution is -2.01. The lowest BCUT2D eigenvalue weighted by atomic mass is 10.0. The van der Waals surface area contributed by atoms with E-state index in [0.29, 0.717) is 0 Å². The van der Waals surface area contributed by atoms with E-state index in [1.807, 2.05) is 0 Å². The maximum absolute atomic E-state index is 3.70. The zero-order chi connectivity index (χ0) is 32.6. The van der Waals surface area contributed by atoms with Gasteiger partial charge in [-0.05, 0) is 116 Å². The van der Waals surface area contributed by atoms with E-state index in [-0.39, 0.29) is 0 Å². The molecular formula is C43H52Br2N2. The van der Waals surface area contributed by atoms with Crippen molar-refractivity contribution in [2.45, 2.75) is 121 Å². The number of aromatic nitrogens is 2. The normalized spacial score (nSPS) is 12.0. The minimum absolute atomic E-state index is 0.896. The summed E-state index contributed by atoms with van der Waals surface area (Å²) in [6.07, 6.45) is 16.4. The highest BCUT2D eigenvalue weighted by molar-refractivity contribution is 9.08. The van der Waals surface area contributed by atoms with Gasteiger partial charge in [-0.2, -0.15) is 0 Å². The van der Waals surface area contributed by atoms with Crippen molar-refractivity contribution in [3.05, 3.63) is 95.1 Å². The third-order valence-corrected chi connectivity index (χ3v) is 11.5. The number of aryl methyl sites for hydroxylation is 4. The monoisotopic (exact) mass is 754 g/mol. The molecule has 0 radical (unpaired) electrons. The van der Waals surface area contributed by atoms with Crippen LogP contribution in [0.15, 0.2) is 72.8 Å². The third-order valence-electron chi connectivity index (χ3n) is 10.2. The first-order chi connectivity index (χ1) is 23.1. The van der Waals surface area contributed by atoms with Gasteiger partial charge in [-0.3, -0.25) is 0 Å². The molecule has 0 atom stereocenters. The molecule has 0 saturated heterocycles. The van der Waals surface area contributed by atoms with E-state index >= 15 is 0 Å². The molecule has 2 nitrogen and oxygen atoms in total. The van der Waals surface area contributed by atoms with E-state index in [2.05, 4.69) is 128 Å². The molecule has 6 aromatic rings. The van der Waals surface area contributed by atoms with E-state index in [0.717, 1.165) is 23.7 Å². The molecule has 0 aliphatic heterocycles. The number of unbranched alkanes of at least 4 members (excludes halogenated alkanes) is 8. The number of nitrogens with zero attached hydrogens (tertiary/aromatic N) is 2. The van der Waals surface area contributed by atoms with Gasteiger partial charge in [0, 0.05) is 67.4 Å². The van der Waals surface area contributed by atoms with Crippen molar-refractivity contribution in [2.75, 3.05) is 0 Å². The van der Waals surface area contributed by atoms with Gasteiger partial charge in [0.05, 0.1) is 0 Å². The predicted octanol–water partition coefficient (Wildman–Crippen LogP) is 13.8. The molecule has 2 aromatic heterocycles. The molecule has 4 heteroatoms. The molecule has 4 aromatic carbocycles. The Hall–Kier alpha value is -2.56. The van der Waals surface area contributed by atoms with E-state index in [4.69, 9.17) is 0 Å². The second-order valence-electron chi connectivity index (χ2n) is 13.7. The molecular weight excluding hydrogens is 704 g/mol. The summed E-state index contributed by atoms with van der Waals surface area (Å²) in [5.41, 5.74) is 11.2. The van der Waals surface area contributed by atoms with Crippen LogP contribution in [0.1, 0.15) is 107 Å². The second-order valence-corrected chi connectivity index (χ2v) is 14.8. The van der Waals surface area contributed by atoms with Gasteiger partial charge in [0.2, 0.25) is 0 Å². The molecule has 0 fully saturated rings. The largest absolute Gasteiger partial charge is 0.340 e. The van der Waals surface area contributed by atoms with Crippen LogP contribution in [0.3, 0.4) is 0 Å². The van der Waals surface area contributed by atoms with Crippen molar-refractivity contribution in [1.29, 1.82) is 0 Å². The molecule has 2 heterocycles. The SMILES string of the molecule is CCCCCCc1ccc2c(c1)c1cc(CBr)ccc1n2CCCCCn1c2ccc(CBr)cc2c2cc(CCCCCC)ccc21. The van der Waals surface area contributed by atoms with Gasteiger partial charge in [-0.1, -0.05) is 108 Å². The molecule has 6 rings (SSSR count). The molecule has 0 N–H and O–H groups in total. The van der Waals surface area contributed by atoms with Gasteiger partial charge in [0.25, 0.3) is 0 Å². The lowest BCUT2D eigenvalue weighted by molar-refractivity contribution is 0.569. The van der Waals surface area contributed by atoms with Gasteiger partial charge < -0.3 is 9.13 Å². The van der Waals surface area contributed by atoms with Crippen molar-refractivity contribution in [3.63, 3.8) is 0 Å². The summed E-state index contributed by atoms with van der Waals surface area (Å²) < 4.78 is 5.18. The number of halogens is 2. The summed E-state index contributed by atoms with van der Waals surface area (Å²) in [4.78, 5) is 0. The third kappa shape index (κ3) is 7.86. The van der Waals surface area contributed by atoms with E-state index in [9.17, 15) is 0 Å². The van der Waals surface area contributed by atoms with Crippen LogP contribution in [0.25, 0.3) is 43.6 Å². The molecule has 47 heavy (non-hydrogen) atoms. The Morgan fingerprint density at radius 1 is 0.404 bits per heavy atom. The number of fused-ring (bicyclic) bond motifs is 6. The van der Waals surface area contributed by atoms with Crippen LogP contribution >= 0.6 is 31.9 Å². The van der Waals surface area contributed by atoms with Crippen molar-refractivity contribution in [2.24, 2.45) is 0 Å². The van der Waals surface area contributed by atoms with Crippen LogP contribution in [0.4, 0.5) is 0 Å². The van der Waals surface area contributed by atoms with Gasteiger partial charge >= 0.3 is 0 Å². The lowest BCUT2D eigenvalue weighted by Gasteiger charge is -2.10. The quantitative estimate of drug-likeness (QED) is 0.0611. The zero-order valence-electron chi connectivity index (χ0n) is 28.6. The average Bonchev–Trinajstić information content (AvgIpc) is 3.58. The van der Waals surface area contributed by atoms with Gasteiger partial charge in [0.1, 0.15) is 0 Å². The highest BCUT2D eigenvalue weighted by Gasteiger charge is 2.14. The van der Waals surface area contributed by atoms with Gasteiger partial charge in [0.15, 0.2) is 0 Å². The van der Waals surface area contributed by atoms with Crippen molar-refractivity contribution in [3.8, 4) is 0 Å². The number of benzene rings is 4. The summed E-state index contributed by atoms with van der Waals surface area (Å²) in [6.45, 7) is 6.70. The fourth-order valence-corrected chi connectivity index (χ4v) is 8.28. The topological polar surface area (TPSA) is 9.86 Å². The van der Waals surface area contributed by atoms with Crippen LogP contribution in [-0.2, 0) is 36.6 Å². The minimum Gasteiger partial charge on any atom is -0.340 e. The minimum atomic E-state index is 0.896. The molecule has 0 spiro atoms. The Kier molecular flexibility index (Phi) is 12.2. The Balaban J connectivity index is 1.18. The molecule has 0 bridgehead atoms. The summed E-state index contributed by atoms with van der Waals surface area (Å²) in [5.74, 6) is 0. The average molecular weight is 757 g/mol. The second kappa shape index (κ2) is 16.7. The first kappa shape index (κ1) is 34.3. The van der Waals surface area contributed by atoms with Crippen LogP contribution in [0.2, 0.25) is 0 Å². The Morgan fingerprint density at radius 3 is 1.11 bits per heavy atom. The number of alkyl halides is 2. The maximum atomic E-state index is 3.70. The molecule has 0 unspecified atom stereocenters. The molecule has 248 valence electrons. The van der Waals surface area contributed by atoms with Crippen LogP contribution in [-0.4, -0.2) is 9.13 Å². The first-order valence-corrected chi connectivity index (χ1v) is 20.6. The van der Waals surface area contributed by atoms with E-state index in [1.165, 1.54) is 149 Å². The van der Waals surface area contributed by atoms with Crippen LogP contribution < -0.4 is 0 Å². The Morgan fingerprint density at radius 2 is 0.745 bits per heavy atom. The summed E-state index contributed by atoms with van der Waals surface area (Å²) in [5, 5.41) is 7.46. The zero-order valence-corrected chi connectivity index (χ0v) is 31.8.